The summed E-state index contributed by atoms with van der Waals surface area (Å²) in [5.41, 5.74) is 2.20. The lowest BCUT2D eigenvalue weighted by atomic mass is 9.85. The molecule has 1 aromatic heterocycles. The van der Waals surface area contributed by atoms with Gasteiger partial charge in [-0.05, 0) is 44.7 Å². The molecule has 2 N–H and O–H groups in total. The molecule has 4 rings (SSSR count). The molecule has 2 unspecified atom stereocenters. The number of carbonyl (C=O) groups is 1. The predicted octanol–water partition coefficient (Wildman–Crippen LogP) is 3.95. The molecule has 2 atom stereocenters. The van der Waals surface area contributed by atoms with Crippen molar-refractivity contribution >= 4 is 22.5 Å². The molecule has 0 radical (unpaired) electrons. The first-order chi connectivity index (χ1) is 13.4. The fourth-order valence-electron chi connectivity index (χ4n) is 4.65. The van der Waals surface area contributed by atoms with E-state index in [0.29, 0.717) is 13.0 Å². The normalized spacial score (nSPS) is 23.9. The van der Waals surface area contributed by atoms with Crippen LogP contribution >= 0.6 is 0 Å². The Morgan fingerprint density at radius 2 is 2.11 bits per heavy atom. The molecule has 2 heterocycles. The summed E-state index contributed by atoms with van der Waals surface area (Å²) in [6.07, 6.45) is 6.05. The zero-order chi connectivity index (χ0) is 19.9. The van der Waals surface area contributed by atoms with Crippen molar-refractivity contribution < 1.29 is 14.5 Å². The van der Waals surface area contributed by atoms with Crippen LogP contribution in [0.25, 0.3) is 10.9 Å². The third-order valence-electron chi connectivity index (χ3n) is 6.51. The van der Waals surface area contributed by atoms with Crippen molar-refractivity contribution in [2.24, 2.45) is 5.92 Å². The molecule has 28 heavy (non-hydrogen) atoms. The Morgan fingerprint density at radius 1 is 1.36 bits per heavy atom. The molecule has 1 aliphatic carbocycles. The Balaban J connectivity index is 1.64. The summed E-state index contributed by atoms with van der Waals surface area (Å²) >= 11 is 0. The van der Waals surface area contributed by atoms with Crippen molar-refractivity contribution in [3.63, 3.8) is 0 Å². The van der Waals surface area contributed by atoms with E-state index in [1.807, 2.05) is 13.8 Å². The molecule has 7 nitrogen and oxygen atoms in total. The zero-order valence-electron chi connectivity index (χ0n) is 16.4. The van der Waals surface area contributed by atoms with E-state index in [1.54, 1.807) is 12.1 Å². The summed E-state index contributed by atoms with van der Waals surface area (Å²) in [4.78, 5) is 26.9. The van der Waals surface area contributed by atoms with E-state index in [9.17, 15) is 14.9 Å². The number of rotatable bonds is 4. The average molecular weight is 385 g/mol. The lowest BCUT2D eigenvalue weighted by Gasteiger charge is -2.40. The van der Waals surface area contributed by atoms with Gasteiger partial charge in [-0.15, -0.1) is 0 Å². The van der Waals surface area contributed by atoms with Gasteiger partial charge in [-0.3, -0.25) is 14.9 Å². The van der Waals surface area contributed by atoms with E-state index in [-0.39, 0.29) is 28.5 Å². The van der Waals surface area contributed by atoms with Crippen molar-refractivity contribution in [3.8, 4) is 0 Å². The number of aromatic nitrogens is 1. The van der Waals surface area contributed by atoms with E-state index < -0.39 is 5.60 Å². The molecule has 7 heteroatoms. The first-order valence-corrected chi connectivity index (χ1v) is 10.1. The number of nitro benzene ring substituents is 1. The number of H-pyrrole nitrogens is 1. The van der Waals surface area contributed by atoms with Crippen LogP contribution in [0.15, 0.2) is 18.2 Å². The summed E-state index contributed by atoms with van der Waals surface area (Å²) in [6.45, 7) is 4.48. The summed E-state index contributed by atoms with van der Waals surface area (Å²) in [7, 11) is 0. The van der Waals surface area contributed by atoms with Crippen LogP contribution in [0, 0.1) is 16.0 Å². The number of benzene rings is 1. The number of nitrogens with one attached hydrogen (secondary N) is 2. The van der Waals surface area contributed by atoms with Crippen LogP contribution < -0.4 is 5.32 Å². The quantitative estimate of drug-likeness (QED) is 0.615. The zero-order valence-corrected chi connectivity index (χ0v) is 16.4. The minimum absolute atomic E-state index is 0.0844. The van der Waals surface area contributed by atoms with Gasteiger partial charge in [0.05, 0.1) is 23.3 Å². The monoisotopic (exact) mass is 385 g/mol. The Morgan fingerprint density at radius 3 is 2.82 bits per heavy atom. The molecule has 1 fully saturated rings. The Hall–Kier alpha value is -2.41. The number of nitrogens with zero attached hydrogens (tertiary/aromatic N) is 1. The summed E-state index contributed by atoms with van der Waals surface area (Å²) in [6, 6.07) is 4.67. The van der Waals surface area contributed by atoms with Crippen LogP contribution in [0.4, 0.5) is 5.69 Å². The average Bonchev–Trinajstić information content (AvgIpc) is 3.08. The second-order valence-corrected chi connectivity index (χ2v) is 8.24. The number of non-ortho nitro benzene ring substituents is 1. The van der Waals surface area contributed by atoms with Crippen molar-refractivity contribution in [2.45, 2.75) is 64.0 Å². The third-order valence-corrected chi connectivity index (χ3v) is 6.51. The molecule has 0 bridgehead atoms. The second-order valence-electron chi connectivity index (χ2n) is 8.24. The highest BCUT2D eigenvalue weighted by atomic mass is 16.6. The van der Waals surface area contributed by atoms with E-state index in [2.05, 4.69) is 10.3 Å². The topological polar surface area (TPSA) is 97.3 Å². The van der Waals surface area contributed by atoms with Gasteiger partial charge in [0.2, 0.25) is 5.91 Å². The highest BCUT2D eigenvalue weighted by Crippen LogP contribution is 2.40. The molecule has 0 saturated heterocycles. The van der Waals surface area contributed by atoms with Crippen molar-refractivity contribution in [1.29, 1.82) is 0 Å². The number of aromatic amines is 1. The molecule has 1 amide bonds. The number of carbonyl (C=O) groups excluding carboxylic acids is 1. The van der Waals surface area contributed by atoms with Gasteiger partial charge in [0, 0.05) is 29.0 Å². The van der Waals surface area contributed by atoms with Gasteiger partial charge < -0.3 is 15.0 Å². The van der Waals surface area contributed by atoms with Gasteiger partial charge in [0.25, 0.3) is 5.69 Å². The van der Waals surface area contributed by atoms with Crippen LogP contribution in [-0.4, -0.2) is 28.5 Å². The largest absolute Gasteiger partial charge is 0.367 e. The summed E-state index contributed by atoms with van der Waals surface area (Å²) < 4.78 is 6.17. The van der Waals surface area contributed by atoms with Crippen LogP contribution in [-0.2, 0) is 21.6 Å². The summed E-state index contributed by atoms with van der Waals surface area (Å²) in [5, 5.41) is 15.2. The smallest absolute Gasteiger partial charge is 0.270 e. The summed E-state index contributed by atoms with van der Waals surface area (Å²) in [5.74, 6) is 0.198. The van der Waals surface area contributed by atoms with Crippen molar-refractivity contribution in [1.82, 2.24) is 10.3 Å². The van der Waals surface area contributed by atoms with E-state index in [0.717, 1.165) is 47.8 Å². The molecule has 2 aliphatic rings. The van der Waals surface area contributed by atoms with Crippen LogP contribution in [0.3, 0.4) is 0 Å². The number of hydrogen-bond donors (Lipinski definition) is 2. The van der Waals surface area contributed by atoms with Gasteiger partial charge in [0.1, 0.15) is 5.60 Å². The van der Waals surface area contributed by atoms with Gasteiger partial charge in [-0.1, -0.05) is 19.3 Å². The van der Waals surface area contributed by atoms with Gasteiger partial charge >= 0.3 is 0 Å². The standard InChI is InChI=1S/C21H27N3O4/c1-13(22-20(25)14-6-4-3-5-7-14)21(2)19-16(10-11-28-21)17-12-15(24(26)27)8-9-18(17)23-19/h8-9,12-14,23H,3-7,10-11H2,1-2H3,(H,22,25). The van der Waals surface area contributed by atoms with Crippen LogP contribution in [0.2, 0.25) is 0 Å². The second kappa shape index (κ2) is 7.20. The Labute approximate surface area is 164 Å². The highest BCUT2D eigenvalue weighted by molar-refractivity contribution is 5.87. The Bertz CT molecular complexity index is 916. The van der Waals surface area contributed by atoms with Gasteiger partial charge in [-0.25, -0.2) is 0 Å². The van der Waals surface area contributed by atoms with Crippen molar-refractivity contribution in [3.05, 3.63) is 39.6 Å². The number of fused-ring (bicyclic) bond motifs is 3. The Kier molecular flexibility index (Phi) is 4.87. The van der Waals surface area contributed by atoms with Crippen LogP contribution in [0.1, 0.15) is 57.2 Å². The molecule has 1 saturated carbocycles. The van der Waals surface area contributed by atoms with E-state index in [4.69, 9.17) is 4.74 Å². The number of nitro groups is 1. The molecule has 1 aliphatic heterocycles. The molecular weight excluding hydrogens is 358 g/mol. The molecule has 2 aromatic rings. The maximum Gasteiger partial charge on any atom is 0.270 e. The first kappa shape index (κ1) is 18.9. The minimum atomic E-state index is -0.703. The van der Waals surface area contributed by atoms with Crippen molar-refractivity contribution in [2.75, 3.05) is 6.61 Å². The molecule has 0 spiro atoms. The minimum Gasteiger partial charge on any atom is -0.367 e. The fraction of sp³-hybridized carbons (Fsp3) is 0.571. The molecular formula is C21H27N3O4. The van der Waals surface area contributed by atoms with E-state index in [1.165, 1.54) is 12.5 Å². The number of hydrogen-bond acceptors (Lipinski definition) is 4. The van der Waals surface area contributed by atoms with Gasteiger partial charge in [0.15, 0.2) is 0 Å². The molecule has 1 aromatic carbocycles. The predicted molar refractivity (Wildman–Crippen MR) is 106 cm³/mol. The lowest BCUT2D eigenvalue weighted by Crippen LogP contribution is -2.52. The first-order valence-electron chi connectivity index (χ1n) is 10.1. The highest BCUT2D eigenvalue weighted by Gasteiger charge is 2.42. The maximum atomic E-state index is 12.7. The van der Waals surface area contributed by atoms with E-state index >= 15 is 0 Å². The van der Waals surface area contributed by atoms with Gasteiger partial charge in [-0.2, -0.15) is 0 Å². The number of amides is 1. The van der Waals surface area contributed by atoms with Crippen LogP contribution in [0.5, 0.6) is 0 Å². The maximum absolute atomic E-state index is 12.7. The number of ether oxygens (including phenoxy) is 1. The fourth-order valence-corrected chi connectivity index (χ4v) is 4.65. The third kappa shape index (κ3) is 3.17. The molecule has 150 valence electrons. The SMILES string of the molecule is CC(NC(=O)C1CCCCC1)C1(C)OCCc2c1[nH]c1ccc([N+](=O)[O-])cc21. The lowest BCUT2D eigenvalue weighted by molar-refractivity contribution is -0.384.